The van der Waals surface area contributed by atoms with E-state index in [0.717, 1.165) is 12.5 Å². The van der Waals surface area contributed by atoms with Crippen molar-refractivity contribution < 1.29 is 0 Å². The van der Waals surface area contributed by atoms with Crippen LogP contribution >= 0.6 is 0 Å². The van der Waals surface area contributed by atoms with Crippen molar-refractivity contribution in [2.24, 2.45) is 5.92 Å². The number of hydrogen-bond donors (Lipinski definition) is 1. The molecule has 0 saturated heterocycles. The maximum absolute atomic E-state index is 3.72. The van der Waals surface area contributed by atoms with Crippen LogP contribution < -0.4 is 5.32 Å². The van der Waals surface area contributed by atoms with Crippen molar-refractivity contribution in [3.05, 3.63) is 35.4 Å². The maximum atomic E-state index is 3.72. The van der Waals surface area contributed by atoms with Crippen LogP contribution in [-0.4, -0.2) is 6.54 Å². The molecule has 120 valence electrons. The van der Waals surface area contributed by atoms with Gasteiger partial charge in [0, 0.05) is 6.04 Å². The normalized spacial score (nSPS) is 15.0. The van der Waals surface area contributed by atoms with Crippen LogP contribution in [0.5, 0.6) is 0 Å². The van der Waals surface area contributed by atoms with Gasteiger partial charge in [0.1, 0.15) is 0 Å². The fourth-order valence-corrected chi connectivity index (χ4v) is 3.04. The highest BCUT2D eigenvalue weighted by Crippen LogP contribution is 2.31. The van der Waals surface area contributed by atoms with Crippen molar-refractivity contribution in [1.29, 1.82) is 0 Å². The standard InChI is InChI=1S/C20H35N/c1-7-10-11-16(8-2)19(21-9-3)17-12-14-18(15-13-17)20(4,5)6/h12-16,19,21H,7-11H2,1-6H3. The predicted octanol–water partition coefficient (Wildman–Crippen LogP) is 5.85. The quantitative estimate of drug-likeness (QED) is 0.633. The van der Waals surface area contributed by atoms with E-state index in [1.807, 2.05) is 0 Å². The Labute approximate surface area is 132 Å². The van der Waals surface area contributed by atoms with Crippen LogP contribution in [0.4, 0.5) is 0 Å². The Morgan fingerprint density at radius 3 is 2.05 bits per heavy atom. The Morgan fingerprint density at radius 2 is 1.62 bits per heavy atom. The monoisotopic (exact) mass is 289 g/mol. The van der Waals surface area contributed by atoms with E-state index >= 15 is 0 Å². The molecular weight excluding hydrogens is 254 g/mol. The lowest BCUT2D eigenvalue weighted by Crippen LogP contribution is -2.28. The minimum Gasteiger partial charge on any atom is -0.310 e. The zero-order chi connectivity index (χ0) is 15.9. The van der Waals surface area contributed by atoms with Crippen LogP contribution in [0, 0.1) is 5.92 Å². The molecule has 0 spiro atoms. The summed E-state index contributed by atoms with van der Waals surface area (Å²) in [6.07, 6.45) is 5.20. The molecule has 1 rings (SSSR count). The molecule has 2 unspecified atom stereocenters. The summed E-state index contributed by atoms with van der Waals surface area (Å²) in [5.41, 5.74) is 3.11. The molecule has 0 heterocycles. The van der Waals surface area contributed by atoms with Gasteiger partial charge in [-0.05, 0) is 35.4 Å². The topological polar surface area (TPSA) is 12.0 Å². The highest BCUT2D eigenvalue weighted by atomic mass is 14.9. The van der Waals surface area contributed by atoms with Crippen molar-refractivity contribution in [2.45, 2.75) is 78.7 Å². The van der Waals surface area contributed by atoms with E-state index in [4.69, 9.17) is 0 Å². The predicted molar refractivity (Wildman–Crippen MR) is 94.9 cm³/mol. The molecule has 0 radical (unpaired) electrons. The van der Waals surface area contributed by atoms with Gasteiger partial charge < -0.3 is 5.32 Å². The van der Waals surface area contributed by atoms with Gasteiger partial charge in [-0.25, -0.2) is 0 Å². The van der Waals surface area contributed by atoms with Gasteiger partial charge in [0.2, 0.25) is 0 Å². The average Bonchev–Trinajstić information content (AvgIpc) is 2.46. The van der Waals surface area contributed by atoms with Crippen LogP contribution in [-0.2, 0) is 5.41 Å². The van der Waals surface area contributed by atoms with E-state index in [0.29, 0.717) is 6.04 Å². The number of benzene rings is 1. The Bertz CT molecular complexity index is 385. The van der Waals surface area contributed by atoms with Gasteiger partial charge in [0.05, 0.1) is 0 Å². The lowest BCUT2D eigenvalue weighted by atomic mass is 9.83. The minimum atomic E-state index is 0.235. The lowest BCUT2D eigenvalue weighted by Gasteiger charge is -2.28. The van der Waals surface area contributed by atoms with Gasteiger partial charge in [0.25, 0.3) is 0 Å². The van der Waals surface area contributed by atoms with Crippen LogP contribution in [0.25, 0.3) is 0 Å². The smallest absolute Gasteiger partial charge is 0.0348 e. The Hall–Kier alpha value is -0.820. The number of rotatable bonds is 8. The molecule has 0 aliphatic carbocycles. The molecule has 0 amide bonds. The van der Waals surface area contributed by atoms with Crippen LogP contribution in [0.15, 0.2) is 24.3 Å². The summed E-state index contributed by atoms with van der Waals surface area (Å²) >= 11 is 0. The van der Waals surface area contributed by atoms with E-state index < -0.39 is 0 Å². The molecule has 0 fully saturated rings. The van der Waals surface area contributed by atoms with Crippen molar-refractivity contribution in [2.75, 3.05) is 6.54 Å². The molecule has 2 atom stereocenters. The third-order valence-corrected chi connectivity index (χ3v) is 4.48. The molecule has 1 nitrogen and oxygen atoms in total. The first-order valence-corrected chi connectivity index (χ1v) is 8.77. The van der Waals surface area contributed by atoms with Crippen LogP contribution in [0.2, 0.25) is 0 Å². The molecule has 0 aromatic heterocycles. The highest BCUT2D eigenvalue weighted by Gasteiger charge is 2.21. The SMILES string of the molecule is CCCCC(CC)C(NCC)c1ccc(C(C)(C)C)cc1. The molecule has 1 aromatic rings. The Morgan fingerprint density at radius 1 is 1.00 bits per heavy atom. The summed E-state index contributed by atoms with van der Waals surface area (Å²) in [6, 6.07) is 9.80. The fraction of sp³-hybridized carbons (Fsp3) is 0.700. The molecule has 1 N–H and O–H groups in total. The number of hydrogen-bond acceptors (Lipinski definition) is 1. The maximum Gasteiger partial charge on any atom is 0.0348 e. The number of nitrogens with one attached hydrogen (secondary N) is 1. The first kappa shape index (κ1) is 18.2. The fourth-order valence-electron chi connectivity index (χ4n) is 3.04. The first-order chi connectivity index (χ1) is 9.93. The zero-order valence-electron chi connectivity index (χ0n) is 15.0. The van der Waals surface area contributed by atoms with Crippen molar-refractivity contribution >= 4 is 0 Å². The summed E-state index contributed by atoms with van der Waals surface area (Å²) in [5.74, 6) is 0.741. The molecule has 0 bridgehead atoms. The second-order valence-electron chi connectivity index (χ2n) is 7.22. The van der Waals surface area contributed by atoms with Crippen molar-refractivity contribution in [3.8, 4) is 0 Å². The summed E-state index contributed by atoms with van der Waals surface area (Å²) < 4.78 is 0. The van der Waals surface area contributed by atoms with Gasteiger partial charge in [-0.3, -0.25) is 0 Å². The molecule has 1 heteroatoms. The van der Waals surface area contributed by atoms with E-state index in [9.17, 15) is 0 Å². The molecule has 0 aliphatic rings. The van der Waals surface area contributed by atoms with Gasteiger partial charge in [-0.15, -0.1) is 0 Å². The third-order valence-electron chi connectivity index (χ3n) is 4.48. The Balaban J connectivity index is 2.93. The van der Waals surface area contributed by atoms with Gasteiger partial charge in [-0.1, -0.05) is 85.1 Å². The summed E-state index contributed by atoms with van der Waals surface area (Å²) in [7, 11) is 0. The highest BCUT2D eigenvalue weighted by molar-refractivity contribution is 5.29. The molecule has 21 heavy (non-hydrogen) atoms. The number of unbranched alkanes of at least 4 members (excludes halogenated alkanes) is 1. The average molecular weight is 290 g/mol. The second kappa shape index (κ2) is 8.58. The summed E-state index contributed by atoms with van der Waals surface area (Å²) in [4.78, 5) is 0. The van der Waals surface area contributed by atoms with E-state index in [-0.39, 0.29) is 5.41 Å². The van der Waals surface area contributed by atoms with Crippen molar-refractivity contribution in [3.63, 3.8) is 0 Å². The van der Waals surface area contributed by atoms with Crippen LogP contribution in [0.1, 0.15) is 84.4 Å². The summed E-state index contributed by atoms with van der Waals surface area (Å²) in [5, 5.41) is 3.72. The Kier molecular flexibility index (Phi) is 7.45. The van der Waals surface area contributed by atoms with Crippen LogP contribution in [0.3, 0.4) is 0 Å². The first-order valence-electron chi connectivity index (χ1n) is 8.77. The summed E-state index contributed by atoms with van der Waals surface area (Å²) in [6.45, 7) is 14.7. The van der Waals surface area contributed by atoms with Crippen molar-refractivity contribution in [1.82, 2.24) is 5.32 Å². The molecular formula is C20H35N. The third kappa shape index (κ3) is 5.47. The van der Waals surface area contributed by atoms with Gasteiger partial charge in [-0.2, -0.15) is 0 Å². The van der Waals surface area contributed by atoms with E-state index in [1.165, 1.54) is 36.8 Å². The second-order valence-corrected chi connectivity index (χ2v) is 7.22. The van der Waals surface area contributed by atoms with Gasteiger partial charge in [0.15, 0.2) is 0 Å². The lowest BCUT2D eigenvalue weighted by molar-refractivity contribution is 0.327. The largest absolute Gasteiger partial charge is 0.310 e. The molecule has 0 aliphatic heterocycles. The van der Waals surface area contributed by atoms with E-state index in [1.54, 1.807) is 0 Å². The van der Waals surface area contributed by atoms with E-state index in [2.05, 4.69) is 71.1 Å². The zero-order valence-corrected chi connectivity index (χ0v) is 15.0. The minimum absolute atomic E-state index is 0.235. The molecule has 1 aromatic carbocycles. The van der Waals surface area contributed by atoms with Gasteiger partial charge >= 0.3 is 0 Å². The molecule has 0 saturated carbocycles.